The SMILES string of the molecule is COCCCNC1CCN(CC=C(C)C)CC1. The summed E-state index contributed by atoms with van der Waals surface area (Å²) in [6, 6.07) is 0.717. The van der Waals surface area contributed by atoms with Crippen molar-refractivity contribution in [1.82, 2.24) is 10.2 Å². The van der Waals surface area contributed by atoms with Gasteiger partial charge in [-0.05, 0) is 52.7 Å². The molecule has 0 aromatic rings. The van der Waals surface area contributed by atoms with Gasteiger partial charge in [-0.1, -0.05) is 11.6 Å². The Kier molecular flexibility index (Phi) is 7.49. The number of nitrogens with one attached hydrogen (secondary N) is 1. The van der Waals surface area contributed by atoms with E-state index in [4.69, 9.17) is 4.74 Å². The molecular formula is C14H28N2O. The van der Waals surface area contributed by atoms with Crippen molar-refractivity contribution in [1.29, 1.82) is 0 Å². The molecule has 0 spiro atoms. The summed E-state index contributed by atoms with van der Waals surface area (Å²) < 4.78 is 5.05. The van der Waals surface area contributed by atoms with E-state index >= 15 is 0 Å². The normalized spacial score (nSPS) is 18.3. The largest absolute Gasteiger partial charge is 0.385 e. The van der Waals surface area contributed by atoms with E-state index in [1.54, 1.807) is 7.11 Å². The number of nitrogens with zero attached hydrogens (tertiary/aromatic N) is 1. The van der Waals surface area contributed by atoms with Crippen LogP contribution in [0.4, 0.5) is 0 Å². The quantitative estimate of drug-likeness (QED) is 0.544. The van der Waals surface area contributed by atoms with Crippen LogP contribution < -0.4 is 5.32 Å². The van der Waals surface area contributed by atoms with Crippen molar-refractivity contribution in [2.45, 2.75) is 39.2 Å². The van der Waals surface area contributed by atoms with Crippen molar-refractivity contribution in [2.24, 2.45) is 0 Å². The molecule has 1 rings (SSSR count). The first-order chi connectivity index (χ1) is 8.22. The van der Waals surface area contributed by atoms with Gasteiger partial charge < -0.3 is 10.1 Å². The molecule has 1 N–H and O–H groups in total. The lowest BCUT2D eigenvalue weighted by Crippen LogP contribution is -2.42. The topological polar surface area (TPSA) is 24.5 Å². The van der Waals surface area contributed by atoms with Crippen LogP contribution in [-0.2, 0) is 4.74 Å². The van der Waals surface area contributed by atoms with Gasteiger partial charge in [0.15, 0.2) is 0 Å². The third-order valence-corrected chi connectivity index (χ3v) is 3.30. The maximum Gasteiger partial charge on any atom is 0.0474 e. The van der Waals surface area contributed by atoms with Crippen molar-refractivity contribution in [3.8, 4) is 0 Å². The number of ether oxygens (including phenoxy) is 1. The van der Waals surface area contributed by atoms with E-state index in [1.165, 1.54) is 31.5 Å². The number of piperidine rings is 1. The van der Waals surface area contributed by atoms with Gasteiger partial charge in [0, 0.05) is 26.3 Å². The minimum absolute atomic E-state index is 0.717. The number of hydrogen-bond acceptors (Lipinski definition) is 3. The Morgan fingerprint density at radius 3 is 2.65 bits per heavy atom. The lowest BCUT2D eigenvalue weighted by molar-refractivity contribution is 0.185. The van der Waals surface area contributed by atoms with E-state index < -0.39 is 0 Å². The zero-order valence-corrected chi connectivity index (χ0v) is 11.7. The van der Waals surface area contributed by atoms with Crippen molar-refractivity contribution >= 4 is 0 Å². The lowest BCUT2D eigenvalue weighted by atomic mass is 10.0. The van der Waals surface area contributed by atoms with Crippen LogP contribution in [0.5, 0.6) is 0 Å². The Bertz CT molecular complexity index is 216. The van der Waals surface area contributed by atoms with Gasteiger partial charge in [-0.3, -0.25) is 4.90 Å². The fraction of sp³-hybridized carbons (Fsp3) is 0.857. The number of rotatable bonds is 7. The highest BCUT2D eigenvalue weighted by Gasteiger charge is 2.17. The summed E-state index contributed by atoms with van der Waals surface area (Å²) in [5, 5.41) is 3.62. The number of hydrogen-bond donors (Lipinski definition) is 1. The summed E-state index contributed by atoms with van der Waals surface area (Å²) >= 11 is 0. The second kappa shape index (κ2) is 8.67. The molecule has 0 radical (unpaired) electrons. The molecule has 17 heavy (non-hydrogen) atoms. The van der Waals surface area contributed by atoms with Gasteiger partial charge in [0.1, 0.15) is 0 Å². The first-order valence-corrected chi connectivity index (χ1v) is 6.80. The maximum atomic E-state index is 5.05. The average Bonchev–Trinajstić information content (AvgIpc) is 2.33. The molecule has 0 bridgehead atoms. The molecule has 0 unspecified atom stereocenters. The standard InChI is InChI=1S/C14H28N2O/c1-13(2)5-9-16-10-6-14(7-11-16)15-8-4-12-17-3/h5,14-15H,4,6-12H2,1-3H3. The zero-order valence-electron chi connectivity index (χ0n) is 11.7. The summed E-state index contributed by atoms with van der Waals surface area (Å²) in [5.41, 5.74) is 1.42. The monoisotopic (exact) mass is 240 g/mol. The molecule has 0 saturated carbocycles. The third kappa shape index (κ3) is 6.81. The first kappa shape index (κ1) is 14.7. The van der Waals surface area contributed by atoms with Crippen LogP contribution >= 0.6 is 0 Å². The Hall–Kier alpha value is -0.380. The number of allylic oxidation sites excluding steroid dienone is 1. The zero-order chi connectivity index (χ0) is 12.5. The molecule has 1 saturated heterocycles. The van der Waals surface area contributed by atoms with Crippen LogP contribution in [-0.4, -0.2) is 50.8 Å². The van der Waals surface area contributed by atoms with Crippen molar-refractivity contribution in [3.05, 3.63) is 11.6 Å². The molecule has 3 heteroatoms. The van der Waals surface area contributed by atoms with Crippen LogP contribution in [0.25, 0.3) is 0 Å². The van der Waals surface area contributed by atoms with E-state index in [2.05, 4.69) is 30.1 Å². The van der Waals surface area contributed by atoms with Gasteiger partial charge in [-0.15, -0.1) is 0 Å². The van der Waals surface area contributed by atoms with Crippen molar-refractivity contribution in [2.75, 3.05) is 39.9 Å². The highest BCUT2D eigenvalue weighted by atomic mass is 16.5. The summed E-state index contributed by atoms with van der Waals surface area (Å²) in [5.74, 6) is 0. The number of likely N-dealkylation sites (tertiary alicyclic amines) is 1. The minimum Gasteiger partial charge on any atom is -0.385 e. The lowest BCUT2D eigenvalue weighted by Gasteiger charge is -2.31. The molecule has 1 aliphatic heterocycles. The van der Waals surface area contributed by atoms with E-state index in [-0.39, 0.29) is 0 Å². The van der Waals surface area contributed by atoms with E-state index in [1.807, 2.05) is 0 Å². The van der Waals surface area contributed by atoms with Crippen LogP contribution in [0.15, 0.2) is 11.6 Å². The molecule has 1 fully saturated rings. The van der Waals surface area contributed by atoms with Gasteiger partial charge in [0.05, 0.1) is 0 Å². The Morgan fingerprint density at radius 1 is 1.35 bits per heavy atom. The van der Waals surface area contributed by atoms with E-state index in [0.717, 1.165) is 32.2 Å². The summed E-state index contributed by atoms with van der Waals surface area (Å²) in [4.78, 5) is 2.54. The first-order valence-electron chi connectivity index (χ1n) is 6.80. The molecule has 1 heterocycles. The fourth-order valence-electron chi connectivity index (χ4n) is 2.15. The fourth-order valence-corrected chi connectivity index (χ4v) is 2.15. The molecule has 3 nitrogen and oxygen atoms in total. The van der Waals surface area contributed by atoms with Crippen LogP contribution in [0.3, 0.4) is 0 Å². The van der Waals surface area contributed by atoms with Gasteiger partial charge in [0.25, 0.3) is 0 Å². The van der Waals surface area contributed by atoms with Crippen molar-refractivity contribution in [3.63, 3.8) is 0 Å². The van der Waals surface area contributed by atoms with Crippen LogP contribution in [0, 0.1) is 0 Å². The molecule has 0 amide bonds. The average molecular weight is 240 g/mol. The predicted molar refractivity (Wildman–Crippen MR) is 73.4 cm³/mol. The van der Waals surface area contributed by atoms with E-state index in [0.29, 0.717) is 0 Å². The minimum atomic E-state index is 0.717. The molecule has 0 atom stereocenters. The molecule has 0 aromatic carbocycles. The molecule has 1 aliphatic rings. The smallest absolute Gasteiger partial charge is 0.0474 e. The summed E-state index contributed by atoms with van der Waals surface area (Å²) in [6.45, 7) is 9.88. The van der Waals surface area contributed by atoms with Gasteiger partial charge >= 0.3 is 0 Å². The van der Waals surface area contributed by atoms with Gasteiger partial charge in [0.2, 0.25) is 0 Å². The van der Waals surface area contributed by atoms with Crippen LogP contribution in [0.2, 0.25) is 0 Å². The molecule has 100 valence electrons. The molecule has 0 aromatic heterocycles. The van der Waals surface area contributed by atoms with Gasteiger partial charge in [-0.25, -0.2) is 0 Å². The molecular weight excluding hydrogens is 212 g/mol. The maximum absolute atomic E-state index is 5.05. The highest BCUT2D eigenvalue weighted by molar-refractivity contribution is 4.95. The summed E-state index contributed by atoms with van der Waals surface area (Å²) in [7, 11) is 1.77. The Balaban J connectivity index is 2.07. The van der Waals surface area contributed by atoms with Gasteiger partial charge in [-0.2, -0.15) is 0 Å². The van der Waals surface area contributed by atoms with Crippen LogP contribution in [0.1, 0.15) is 33.1 Å². The highest BCUT2D eigenvalue weighted by Crippen LogP contribution is 2.10. The number of methoxy groups -OCH3 is 1. The molecule has 0 aliphatic carbocycles. The third-order valence-electron chi connectivity index (χ3n) is 3.30. The van der Waals surface area contributed by atoms with Crippen molar-refractivity contribution < 1.29 is 4.74 Å². The second-order valence-corrected chi connectivity index (χ2v) is 5.16. The predicted octanol–water partition coefficient (Wildman–Crippen LogP) is 2.04. The second-order valence-electron chi connectivity index (χ2n) is 5.16. The van der Waals surface area contributed by atoms with E-state index in [9.17, 15) is 0 Å². The Labute approximate surface area is 106 Å². The summed E-state index contributed by atoms with van der Waals surface area (Å²) in [6.07, 6.45) is 6.01. The Morgan fingerprint density at radius 2 is 2.06 bits per heavy atom.